The van der Waals surface area contributed by atoms with E-state index in [9.17, 15) is 0 Å². The minimum Gasteiger partial charge on any atom is -0.369 e. The first kappa shape index (κ1) is 11.5. The Bertz CT molecular complexity index is 335. The van der Waals surface area contributed by atoms with Gasteiger partial charge in [0.2, 0.25) is 0 Å². The molecular weight excluding hydrogens is 196 g/mol. The monoisotopic (exact) mass is 218 g/mol. The number of hydrogen-bond acceptors (Lipinski definition) is 2. The Morgan fingerprint density at radius 3 is 3.00 bits per heavy atom. The normalized spacial score (nSPS) is 21.1. The van der Waals surface area contributed by atoms with E-state index >= 15 is 0 Å². The molecule has 1 fully saturated rings. The van der Waals surface area contributed by atoms with Gasteiger partial charge in [-0.1, -0.05) is 19.1 Å². The van der Waals surface area contributed by atoms with E-state index in [1.807, 2.05) is 0 Å². The Hall–Kier alpha value is -1.02. The lowest BCUT2D eigenvalue weighted by Crippen LogP contribution is -2.39. The van der Waals surface area contributed by atoms with Crippen molar-refractivity contribution in [1.82, 2.24) is 0 Å². The highest BCUT2D eigenvalue weighted by atomic mass is 15.2. The molecule has 1 aliphatic heterocycles. The molecule has 2 rings (SSSR count). The van der Waals surface area contributed by atoms with E-state index in [1.165, 1.54) is 43.5 Å². The molecule has 1 atom stereocenters. The van der Waals surface area contributed by atoms with Gasteiger partial charge in [-0.25, -0.2) is 0 Å². The molecular formula is C14H22N2. The van der Waals surface area contributed by atoms with Crippen LogP contribution in [0.25, 0.3) is 0 Å². The lowest BCUT2D eigenvalue weighted by Gasteiger charge is -2.37. The number of rotatable bonds is 3. The minimum atomic E-state index is 0.637. The summed E-state index contributed by atoms with van der Waals surface area (Å²) in [7, 11) is 0. The first-order valence-electron chi connectivity index (χ1n) is 6.40. The van der Waals surface area contributed by atoms with Crippen LogP contribution in [0.15, 0.2) is 24.3 Å². The van der Waals surface area contributed by atoms with Crippen LogP contribution in [0.1, 0.15) is 38.2 Å². The second kappa shape index (κ2) is 5.35. The molecule has 1 unspecified atom stereocenters. The van der Waals surface area contributed by atoms with Crippen LogP contribution in [0.4, 0.5) is 5.69 Å². The standard InChI is InChI=1S/C14H22N2/c1-2-13-7-3-4-9-16(13)14-8-5-6-12(10-14)11-15/h5-6,8,10,13H,2-4,7,9,11,15H2,1H3. The van der Waals surface area contributed by atoms with Crippen LogP contribution in [0.5, 0.6) is 0 Å². The number of piperidine rings is 1. The van der Waals surface area contributed by atoms with Crippen molar-refractivity contribution < 1.29 is 0 Å². The molecule has 2 nitrogen and oxygen atoms in total. The molecule has 0 aromatic heterocycles. The van der Waals surface area contributed by atoms with Crippen molar-refractivity contribution in [3.05, 3.63) is 29.8 Å². The third-order valence-electron chi connectivity index (χ3n) is 3.58. The van der Waals surface area contributed by atoms with Gasteiger partial charge in [0.25, 0.3) is 0 Å². The number of anilines is 1. The molecule has 0 saturated carbocycles. The lowest BCUT2D eigenvalue weighted by atomic mass is 9.99. The third-order valence-corrected chi connectivity index (χ3v) is 3.58. The zero-order valence-corrected chi connectivity index (χ0v) is 10.2. The predicted octanol–water partition coefficient (Wildman–Crippen LogP) is 2.91. The summed E-state index contributed by atoms with van der Waals surface area (Å²) in [4.78, 5) is 2.56. The highest BCUT2D eigenvalue weighted by Crippen LogP contribution is 2.26. The topological polar surface area (TPSA) is 29.3 Å². The van der Waals surface area contributed by atoms with Crippen molar-refractivity contribution in [2.75, 3.05) is 11.4 Å². The number of benzene rings is 1. The van der Waals surface area contributed by atoms with E-state index < -0.39 is 0 Å². The maximum Gasteiger partial charge on any atom is 0.0371 e. The third kappa shape index (κ3) is 2.38. The molecule has 16 heavy (non-hydrogen) atoms. The van der Waals surface area contributed by atoms with Crippen LogP contribution in [-0.2, 0) is 6.54 Å². The fourth-order valence-corrected chi connectivity index (χ4v) is 2.63. The van der Waals surface area contributed by atoms with Crippen LogP contribution >= 0.6 is 0 Å². The lowest BCUT2D eigenvalue weighted by molar-refractivity contribution is 0.450. The Labute approximate surface area is 98.4 Å². The second-order valence-electron chi connectivity index (χ2n) is 4.63. The van der Waals surface area contributed by atoms with Crippen molar-refractivity contribution >= 4 is 5.69 Å². The SMILES string of the molecule is CCC1CCCCN1c1cccc(CN)c1. The minimum absolute atomic E-state index is 0.637. The Morgan fingerprint density at radius 2 is 2.25 bits per heavy atom. The second-order valence-corrected chi connectivity index (χ2v) is 4.63. The van der Waals surface area contributed by atoms with Crippen molar-refractivity contribution in [1.29, 1.82) is 0 Å². The van der Waals surface area contributed by atoms with Crippen LogP contribution in [0, 0.1) is 0 Å². The number of nitrogens with two attached hydrogens (primary N) is 1. The van der Waals surface area contributed by atoms with Crippen LogP contribution in [-0.4, -0.2) is 12.6 Å². The predicted molar refractivity (Wildman–Crippen MR) is 69.6 cm³/mol. The summed E-state index contributed by atoms with van der Waals surface area (Å²) < 4.78 is 0. The molecule has 0 bridgehead atoms. The van der Waals surface area contributed by atoms with Gasteiger partial charge in [-0.05, 0) is 43.4 Å². The molecule has 1 heterocycles. The van der Waals surface area contributed by atoms with Crippen LogP contribution < -0.4 is 10.6 Å². The quantitative estimate of drug-likeness (QED) is 0.845. The molecule has 0 aliphatic carbocycles. The molecule has 2 heteroatoms. The molecule has 2 N–H and O–H groups in total. The van der Waals surface area contributed by atoms with Gasteiger partial charge < -0.3 is 10.6 Å². The summed E-state index contributed by atoms with van der Waals surface area (Å²) in [5, 5.41) is 0. The van der Waals surface area contributed by atoms with Gasteiger partial charge in [0.05, 0.1) is 0 Å². The van der Waals surface area contributed by atoms with E-state index in [2.05, 4.69) is 36.1 Å². The summed E-state index contributed by atoms with van der Waals surface area (Å²) in [6, 6.07) is 9.41. The van der Waals surface area contributed by atoms with Gasteiger partial charge in [-0.2, -0.15) is 0 Å². The molecule has 0 amide bonds. The van der Waals surface area contributed by atoms with Crippen molar-refractivity contribution in [3.8, 4) is 0 Å². The van der Waals surface area contributed by atoms with Gasteiger partial charge in [-0.3, -0.25) is 0 Å². The smallest absolute Gasteiger partial charge is 0.0371 e. The first-order valence-corrected chi connectivity index (χ1v) is 6.40. The molecule has 1 aromatic carbocycles. The van der Waals surface area contributed by atoms with E-state index in [4.69, 9.17) is 5.73 Å². The molecule has 0 radical (unpaired) electrons. The molecule has 88 valence electrons. The summed E-state index contributed by atoms with van der Waals surface area (Å²) in [5.41, 5.74) is 8.29. The maximum atomic E-state index is 5.70. The fraction of sp³-hybridized carbons (Fsp3) is 0.571. The van der Waals surface area contributed by atoms with Gasteiger partial charge >= 0.3 is 0 Å². The van der Waals surface area contributed by atoms with Crippen LogP contribution in [0.2, 0.25) is 0 Å². The number of nitrogens with zero attached hydrogens (tertiary/aromatic N) is 1. The van der Waals surface area contributed by atoms with E-state index in [-0.39, 0.29) is 0 Å². The van der Waals surface area contributed by atoms with Gasteiger partial charge in [0.15, 0.2) is 0 Å². The summed E-state index contributed by atoms with van der Waals surface area (Å²) in [6.45, 7) is 4.13. The summed E-state index contributed by atoms with van der Waals surface area (Å²) in [6.07, 6.45) is 5.28. The van der Waals surface area contributed by atoms with E-state index in [1.54, 1.807) is 0 Å². The molecule has 1 aliphatic rings. The zero-order chi connectivity index (χ0) is 11.4. The molecule has 0 spiro atoms. The zero-order valence-electron chi connectivity index (χ0n) is 10.2. The average Bonchev–Trinajstić information content (AvgIpc) is 2.38. The van der Waals surface area contributed by atoms with Gasteiger partial charge in [0, 0.05) is 24.8 Å². The highest BCUT2D eigenvalue weighted by molar-refractivity contribution is 5.49. The first-order chi connectivity index (χ1) is 7.85. The Kier molecular flexibility index (Phi) is 3.83. The fourth-order valence-electron chi connectivity index (χ4n) is 2.63. The van der Waals surface area contributed by atoms with E-state index in [0.717, 1.165) is 6.04 Å². The average molecular weight is 218 g/mol. The van der Waals surface area contributed by atoms with Crippen LogP contribution in [0.3, 0.4) is 0 Å². The Balaban J connectivity index is 2.20. The summed E-state index contributed by atoms with van der Waals surface area (Å²) in [5.74, 6) is 0. The van der Waals surface area contributed by atoms with Crippen molar-refractivity contribution in [2.45, 2.75) is 45.2 Å². The van der Waals surface area contributed by atoms with Gasteiger partial charge in [-0.15, -0.1) is 0 Å². The highest BCUT2D eigenvalue weighted by Gasteiger charge is 2.20. The maximum absolute atomic E-state index is 5.70. The molecule has 1 aromatic rings. The largest absolute Gasteiger partial charge is 0.369 e. The van der Waals surface area contributed by atoms with Crippen molar-refractivity contribution in [2.24, 2.45) is 5.73 Å². The number of hydrogen-bond donors (Lipinski definition) is 1. The van der Waals surface area contributed by atoms with Crippen molar-refractivity contribution in [3.63, 3.8) is 0 Å². The molecule has 1 saturated heterocycles. The van der Waals surface area contributed by atoms with Gasteiger partial charge in [0.1, 0.15) is 0 Å². The Morgan fingerprint density at radius 1 is 1.38 bits per heavy atom. The van der Waals surface area contributed by atoms with E-state index in [0.29, 0.717) is 6.54 Å². The summed E-state index contributed by atoms with van der Waals surface area (Å²) >= 11 is 0.